The zero-order valence-corrected chi connectivity index (χ0v) is 12.8. The number of nitrogens with two attached hydrogens (primary N) is 1. The zero-order valence-electron chi connectivity index (χ0n) is 12.8. The van der Waals surface area contributed by atoms with Crippen LogP contribution in [0.5, 0.6) is 0 Å². The minimum Gasteiger partial charge on any atom is -0.369 e. The van der Waals surface area contributed by atoms with Gasteiger partial charge in [-0.15, -0.1) is 0 Å². The third-order valence-corrected chi connectivity index (χ3v) is 3.37. The Bertz CT molecular complexity index is 349. The second-order valence-electron chi connectivity index (χ2n) is 5.52. The van der Waals surface area contributed by atoms with Crippen molar-refractivity contribution >= 4 is 0 Å². The topological polar surface area (TPSA) is 53.1 Å². The molecule has 1 rings (SSSR count). The smallest absolute Gasteiger partial charge is 0.101 e. The maximum Gasteiger partial charge on any atom is 0.101 e. The lowest BCUT2D eigenvalue weighted by molar-refractivity contribution is -0.0195. The van der Waals surface area contributed by atoms with Gasteiger partial charge >= 0.3 is 0 Å². The van der Waals surface area contributed by atoms with Crippen LogP contribution in [0.1, 0.15) is 64.5 Å². The minimum atomic E-state index is -0.0603. The van der Waals surface area contributed by atoms with Gasteiger partial charge < -0.3 is 10.5 Å². The highest BCUT2D eigenvalue weighted by Crippen LogP contribution is 2.23. The molecule has 4 heteroatoms. The third-order valence-electron chi connectivity index (χ3n) is 3.37. The molecule has 0 saturated carbocycles. The first kappa shape index (κ1) is 16.2. The molecule has 3 atom stereocenters. The number of ether oxygens (including phenoxy) is 1. The van der Waals surface area contributed by atoms with E-state index < -0.39 is 0 Å². The Hall–Kier alpha value is -0.870. The summed E-state index contributed by atoms with van der Waals surface area (Å²) in [7, 11) is 1.91. The monoisotopic (exact) mass is 267 g/mol. The van der Waals surface area contributed by atoms with Crippen molar-refractivity contribution in [2.24, 2.45) is 12.8 Å². The normalized spacial score (nSPS) is 16.3. The van der Waals surface area contributed by atoms with Crippen molar-refractivity contribution in [3.63, 3.8) is 0 Å². The maximum atomic E-state index is 6.11. The van der Waals surface area contributed by atoms with Crippen LogP contribution < -0.4 is 5.73 Å². The Labute approximate surface area is 117 Å². The van der Waals surface area contributed by atoms with E-state index in [2.05, 4.69) is 18.9 Å². The van der Waals surface area contributed by atoms with Gasteiger partial charge in [0.2, 0.25) is 0 Å². The SMILES string of the molecule is CCCCCCC(C)OC(c1cnn(C)c1)C(C)N. The average molecular weight is 267 g/mol. The second-order valence-corrected chi connectivity index (χ2v) is 5.52. The second kappa shape index (κ2) is 8.33. The van der Waals surface area contributed by atoms with Crippen LogP contribution in [-0.4, -0.2) is 21.9 Å². The Kier molecular flexibility index (Phi) is 7.10. The van der Waals surface area contributed by atoms with E-state index in [1.165, 1.54) is 25.7 Å². The Morgan fingerprint density at radius 1 is 1.32 bits per heavy atom. The molecule has 1 aromatic heterocycles. The van der Waals surface area contributed by atoms with E-state index >= 15 is 0 Å². The number of hydrogen-bond donors (Lipinski definition) is 1. The molecule has 0 aromatic carbocycles. The quantitative estimate of drug-likeness (QED) is 0.699. The molecule has 0 aliphatic heterocycles. The molecule has 1 aromatic rings. The molecule has 4 nitrogen and oxygen atoms in total. The van der Waals surface area contributed by atoms with Gasteiger partial charge in [-0.1, -0.05) is 32.6 Å². The van der Waals surface area contributed by atoms with Gasteiger partial charge in [0.05, 0.1) is 12.3 Å². The van der Waals surface area contributed by atoms with Crippen LogP contribution in [0.25, 0.3) is 0 Å². The molecule has 3 unspecified atom stereocenters. The van der Waals surface area contributed by atoms with Crippen LogP contribution in [0.2, 0.25) is 0 Å². The molecule has 0 fully saturated rings. The summed E-state index contributed by atoms with van der Waals surface area (Å²) in [5.41, 5.74) is 7.11. The number of aryl methyl sites for hydroxylation is 1. The van der Waals surface area contributed by atoms with Crippen molar-refractivity contribution < 1.29 is 4.74 Å². The summed E-state index contributed by atoms with van der Waals surface area (Å²) < 4.78 is 7.90. The number of unbranched alkanes of at least 4 members (excludes halogenated alkanes) is 3. The summed E-state index contributed by atoms with van der Waals surface area (Å²) >= 11 is 0. The van der Waals surface area contributed by atoms with Crippen LogP contribution in [0, 0.1) is 0 Å². The fourth-order valence-corrected chi connectivity index (χ4v) is 2.27. The minimum absolute atomic E-state index is 0.0257. The van der Waals surface area contributed by atoms with Gasteiger partial charge in [0.1, 0.15) is 6.10 Å². The van der Waals surface area contributed by atoms with Crippen molar-refractivity contribution in [1.29, 1.82) is 0 Å². The largest absolute Gasteiger partial charge is 0.369 e. The van der Waals surface area contributed by atoms with E-state index in [1.807, 2.05) is 26.4 Å². The van der Waals surface area contributed by atoms with Crippen molar-refractivity contribution in [2.75, 3.05) is 0 Å². The lowest BCUT2D eigenvalue weighted by Crippen LogP contribution is -2.29. The Morgan fingerprint density at radius 3 is 2.58 bits per heavy atom. The van der Waals surface area contributed by atoms with E-state index in [0.29, 0.717) is 0 Å². The predicted molar refractivity (Wildman–Crippen MR) is 78.9 cm³/mol. The summed E-state index contributed by atoms with van der Waals surface area (Å²) in [5, 5.41) is 4.19. The molecule has 0 saturated heterocycles. The van der Waals surface area contributed by atoms with Crippen LogP contribution in [-0.2, 0) is 11.8 Å². The van der Waals surface area contributed by atoms with Crippen LogP contribution in [0.3, 0.4) is 0 Å². The van der Waals surface area contributed by atoms with Gasteiger partial charge in [0.15, 0.2) is 0 Å². The van der Waals surface area contributed by atoms with Crippen molar-refractivity contribution in [3.05, 3.63) is 18.0 Å². The van der Waals surface area contributed by atoms with Gasteiger partial charge in [-0.05, 0) is 20.3 Å². The summed E-state index contributed by atoms with van der Waals surface area (Å²) in [6.45, 7) is 6.35. The third kappa shape index (κ3) is 5.74. The van der Waals surface area contributed by atoms with Crippen LogP contribution in [0.15, 0.2) is 12.4 Å². The van der Waals surface area contributed by atoms with Crippen molar-refractivity contribution in [1.82, 2.24) is 9.78 Å². The van der Waals surface area contributed by atoms with Crippen molar-refractivity contribution in [3.8, 4) is 0 Å². The highest BCUT2D eigenvalue weighted by atomic mass is 16.5. The summed E-state index contributed by atoms with van der Waals surface area (Å²) in [5.74, 6) is 0. The van der Waals surface area contributed by atoms with E-state index in [4.69, 9.17) is 10.5 Å². The van der Waals surface area contributed by atoms with Crippen LogP contribution in [0.4, 0.5) is 0 Å². The first-order chi connectivity index (χ1) is 9.04. The van der Waals surface area contributed by atoms with Gasteiger partial charge in [-0.3, -0.25) is 4.68 Å². The zero-order chi connectivity index (χ0) is 14.3. The molecule has 0 bridgehead atoms. The molecule has 2 N–H and O–H groups in total. The first-order valence-corrected chi connectivity index (χ1v) is 7.44. The average Bonchev–Trinajstić information content (AvgIpc) is 2.78. The number of aromatic nitrogens is 2. The molecule has 0 aliphatic carbocycles. The standard InChI is InChI=1S/C15H29N3O/c1-5-6-7-8-9-12(2)19-15(13(3)16)14-10-17-18(4)11-14/h10-13,15H,5-9,16H2,1-4H3. The van der Waals surface area contributed by atoms with Gasteiger partial charge in [-0.25, -0.2) is 0 Å². The molecular weight excluding hydrogens is 238 g/mol. The summed E-state index contributed by atoms with van der Waals surface area (Å²) in [4.78, 5) is 0. The highest BCUT2D eigenvalue weighted by molar-refractivity contribution is 5.10. The highest BCUT2D eigenvalue weighted by Gasteiger charge is 2.21. The maximum absolute atomic E-state index is 6.11. The van der Waals surface area contributed by atoms with Crippen molar-refractivity contribution in [2.45, 2.75) is 71.1 Å². The summed E-state index contributed by atoms with van der Waals surface area (Å²) in [6.07, 6.45) is 10.2. The fourth-order valence-electron chi connectivity index (χ4n) is 2.27. The Balaban J connectivity index is 2.45. The van der Waals surface area contributed by atoms with E-state index in [0.717, 1.165) is 12.0 Å². The molecule has 1 heterocycles. The molecule has 0 spiro atoms. The summed E-state index contributed by atoms with van der Waals surface area (Å²) in [6, 6.07) is -0.0257. The molecule has 0 radical (unpaired) electrons. The lowest BCUT2D eigenvalue weighted by atomic mass is 10.1. The predicted octanol–water partition coefficient (Wildman–Crippen LogP) is 3.18. The van der Waals surface area contributed by atoms with Gasteiger partial charge in [-0.2, -0.15) is 5.10 Å². The number of nitrogens with zero attached hydrogens (tertiary/aromatic N) is 2. The number of rotatable bonds is 9. The lowest BCUT2D eigenvalue weighted by Gasteiger charge is -2.24. The van der Waals surface area contributed by atoms with E-state index in [-0.39, 0.29) is 18.2 Å². The van der Waals surface area contributed by atoms with Gasteiger partial charge in [0.25, 0.3) is 0 Å². The van der Waals surface area contributed by atoms with E-state index in [1.54, 1.807) is 4.68 Å². The molecular formula is C15H29N3O. The first-order valence-electron chi connectivity index (χ1n) is 7.44. The molecule has 19 heavy (non-hydrogen) atoms. The Morgan fingerprint density at radius 2 is 2.05 bits per heavy atom. The van der Waals surface area contributed by atoms with Gasteiger partial charge in [0, 0.05) is 24.8 Å². The van der Waals surface area contributed by atoms with Crippen LogP contribution >= 0.6 is 0 Å². The molecule has 0 aliphatic rings. The number of hydrogen-bond acceptors (Lipinski definition) is 3. The van der Waals surface area contributed by atoms with E-state index in [9.17, 15) is 0 Å². The fraction of sp³-hybridized carbons (Fsp3) is 0.800. The molecule has 110 valence electrons. The molecule has 0 amide bonds.